The molecule has 0 aromatic heterocycles. The zero-order chi connectivity index (χ0) is 10.9. The minimum Gasteiger partial charge on any atom is -0.396 e. The molecular formula is C7H6ClN3O2S. The van der Waals surface area contributed by atoms with Crippen LogP contribution in [0, 0.1) is 11.3 Å². The largest absolute Gasteiger partial charge is 0.396 e. The molecule has 4 N–H and O–H groups in total. The molecule has 0 atom stereocenters. The molecule has 0 fully saturated rings. The van der Waals surface area contributed by atoms with Gasteiger partial charge in [0.2, 0.25) is 0 Å². The molecule has 0 spiro atoms. The van der Waals surface area contributed by atoms with Gasteiger partial charge in [0.15, 0.2) is 0 Å². The van der Waals surface area contributed by atoms with Crippen molar-refractivity contribution in [3.05, 3.63) is 17.7 Å². The van der Waals surface area contributed by atoms with Crippen LogP contribution < -0.4 is 11.5 Å². The van der Waals surface area contributed by atoms with Gasteiger partial charge in [-0.25, -0.2) is 8.42 Å². The third-order valence-corrected chi connectivity index (χ3v) is 3.01. The van der Waals surface area contributed by atoms with E-state index in [9.17, 15) is 8.42 Å². The first-order valence-corrected chi connectivity index (χ1v) is 5.71. The van der Waals surface area contributed by atoms with Gasteiger partial charge in [0.25, 0.3) is 9.05 Å². The van der Waals surface area contributed by atoms with Crippen molar-refractivity contribution in [1.29, 1.82) is 5.26 Å². The number of hydrogen-bond acceptors (Lipinski definition) is 5. The van der Waals surface area contributed by atoms with Gasteiger partial charge < -0.3 is 11.5 Å². The monoisotopic (exact) mass is 231 g/mol. The Morgan fingerprint density at radius 1 is 1.29 bits per heavy atom. The molecule has 14 heavy (non-hydrogen) atoms. The molecule has 0 saturated heterocycles. The Bertz CT molecular complexity index is 518. The van der Waals surface area contributed by atoms with Crippen LogP contribution in [0.4, 0.5) is 11.4 Å². The van der Waals surface area contributed by atoms with Gasteiger partial charge in [-0.1, -0.05) is 0 Å². The number of rotatable bonds is 1. The summed E-state index contributed by atoms with van der Waals surface area (Å²) in [6.07, 6.45) is 0. The third-order valence-electron chi connectivity index (χ3n) is 1.63. The second-order valence-corrected chi connectivity index (χ2v) is 5.02. The number of nitrogens with two attached hydrogens (primary N) is 2. The first-order valence-electron chi connectivity index (χ1n) is 3.40. The Hall–Kier alpha value is -1.45. The van der Waals surface area contributed by atoms with E-state index in [0.29, 0.717) is 0 Å². The summed E-state index contributed by atoms with van der Waals surface area (Å²) < 4.78 is 21.9. The number of nitriles is 1. The van der Waals surface area contributed by atoms with E-state index in [2.05, 4.69) is 0 Å². The number of hydrogen-bond donors (Lipinski definition) is 2. The predicted molar refractivity (Wildman–Crippen MR) is 53.0 cm³/mol. The molecule has 0 unspecified atom stereocenters. The molecule has 0 bridgehead atoms. The minimum absolute atomic E-state index is 0.0748. The van der Waals surface area contributed by atoms with Crippen molar-refractivity contribution in [2.24, 2.45) is 0 Å². The summed E-state index contributed by atoms with van der Waals surface area (Å²) in [5.41, 5.74) is 10.7. The lowest BCUT2D eigenvalue weighted by Gasteiger charge is -2.05. The van der Waals surface area contributed by atoms with Crippen LogP contribution in [-0.2, 0) is 9.05 Å². The van der Waals surface area contributed by atoms with Crippen molar-refractivity contribution in [2.45, 2.75) is 4.90 Å². The van der Waals surface area contributed by atoms with Crippen molar-refractivity contribution in [2.75, 3.05) is 11.5 Å². The summed E-state index contributed by atoms with van der Waals surface area (Å²) in [4.78, 5) is -0.282. The van der Waals surface area contributed by atoms with Crippen molar-refractivity contribution in [3.8, 4) is 6.07 Å². The summed E-state index contributed by atoms with van der Waals surface area (Å²) >= 11 is 0. The first kappa shape index (κ1) is 10.6. The lowest BCUT2D eigenvalue weighted by Crippen LogP contribution is -2.04. The van der Waals surface area contributed by atoms with Gasteiger partial charge in [-0.2, -0.15) is 5.26 Å². The quantitative estimate of drug-likeness (QED) is 0.545. The molecule has 1 aromatic rings. The highest BCUT2D eigenvalue weighted by molar-refractivity contribution is 8.13. The summed E-state index contributed by atoms with van der Waals surface area (Å²) in [5.74, 6) is 0. The number of nitrogens with zero attached hydrogens (tertiary/aromatic N) is 1. The zero-order valence-electron chi connectivity index (χ0n) is 6.86. The van der Waals surface area contributed by atoms with Gasteiger partial charge in [0, 0.05) is 10.7 Å². The highest BCUT2D eigenvalue weighted by Gasteiger charge is 2.17. The normalized spacial score (nSPS) is 10.9. The fraction of sp³-hybridized carbons (Fsp3) is 0. The lowest BCUT2D eigenvalue weighted by molar-refractivity contribution is 0.610. The van der Waals surface area contributed by atoms with Gasteiger partial charge in [0.1, 0.15) is 11.0 Å². The number of anilines is 2. The second-order valence-electron chi connectivity index (χ2n) is 2.49. The maximum atomic E-state index is 11.0. The summed E-state index contributed by atoms with van der Waals surface area (Å²) in [6.45, 7) is 0. The molecular weight excluding hydrogens is 226 g/mol. The predicted octanol–water partition coefficient (Wildman–Crippen LogP) is 0.650. The van der Waals surface area contributed by atoms with Crippen molar-refractivity contribution in [1.82, 2.24) is 0 Å². The molecule has 0 heterocycles. The van der Waals surface area contributed by atoms with Crippen molar-refractivity contribution >= 4 is 31.1 Å². The summed E-state index contributed by atoms with van der Waals surface area (Å²) in [6, 6.07) is 4.17. The highest BCUT2D eigenvalue weighted by Crippen LogP contribution is 2.29. The van der Waals surface area contributed by atoms with Crippen LogP contribution in [-0.4, -0.2) is 8.42 Å². The van der Waals surface area contributed by atoms with E-state index in [-0.39, 0.29) is 21.8 Å². The minimum atomic E-state index is -3.92. The highest BCUT2D eigenvalue weighted by atomic mass is 35.7. The molecule has 5 nitrogen and oxygen atoms in total. The Balaban J connectivity index is 3.57. The van der Waals surface area contributed by atoms with Gasteiger partial charge in [0.05, 0.1) is 16.9 Å². The number of benzene rings is 1. The molecule has 0 saturated carbocycles. The Morgan fingerprint density at radius 2 is 1.86 bits per heavy atom. The van der Waals surface area contributed by atoms with Gasteiger partial charge in [-0.15, -0.1) is 0 Å². The molecule has 0 radical (unpaired) electrons. The Morgan fingerprint density at radius 3 is 2.29 bits per heavy atom. The van der Waals surface area contributed by atoms with Crippen LogP contribution in [0.5, 0.6) is 0 Å². The molecule has 7 heteroatoms. The Labute approximate surface area is 85.3 Å². The van der Waals surface area contributed by atoms with Crippen LogP contribution in [0.15, 0.2) is 17.0 Å². The average molecular weight is 232 g/mol. The smallest absolute Gasteiger partial charge is 0.263 e. The lowest BCUT2D eigenvalue weighted by atomic mass is 10.2. The number of nitrogen functional groups attached to an aromatic ring is 2. The van der Waals surface area contributed by atoms with E-state index in [4.69, 9.17) is 27.4 Å². The Kier molecular flexibility index (Phi) is 2.55. The fourth-order valence-corrected chi connectivity index (χ4v) is 1.93. The van der Waals surface area contributed by atoms with Crippen LogP contribution in [0.3, 0.4) is 0 Å². The van der Waals surface area contributed by atoms with Crippen LogP contribution in [0.25, 0.3) is 0 Å². The summed E-state index contributed by atoms with van der Waals surface area (Å²) in [5, 5.41) is 8.57. The van der Waals surface area contributed by atoms with E-state index in [1.54, 1.807) is 6.07 Å². The van der Waals surface area contributed by atoms with Gasteiger partial charge >= 0.3 is 0 Å². The first-order chi connectivity index (χ1) is 6.38. The number of halogens is 1. The molecule has 1 rings (SSSR count). The van der Waals surface area contributed by atoms with Crippen LogP contribution in [0.1, 0.15) is 5.56 Å². The van der Waals surface area contributed by atoms with Crippen molar-refractivity contribution < 1.29 is 8.42 Å². The van der Waals surface area contributed by atoms with Crippen LogP contribution >= 0.6 is 10.7 Å². The van der Waals surface area contributed by atoms with Crippen molar-refractivity contribution in [3.63, 3.8) is 0 Å². The van der Waals surface area contributed by atoms with E-state index in [1.165, 1.54) is 6.07 Å². The standard InChI is InChI=1S/C7H6ClN3O2S/c8-14(12,13)5-2-1-4(3-9)6(10)7(5)11/h1-2H,10-11H2. The van der Waals surface area contributed by atoms with E-state index < -0.39 is 9.05 Å². The topological polar surface area (TPSA) is 110 Å². The molecule has 0 aliphatic rings. The van der Waals surface area contributed by atoms with Gasteiger partial charge in [-0.3, -0.25) is 0 Å². The summed E-state index contributed by atoms with van der Waals surface area (Å²) in [7, 11) is 1.16. The van der Waals surface area contributed by atoms with E-state index >= 15 is 0 Å². The average Bonchev–Trinajstić information content (AvgIpc) is 2.07. The van der Waals surface area contributed by atoms with Crippen LogP contribution in [0.2, 0.25) is 0 Å². The fourth-order valence-electron chi connectivity index (χ4n) is 0.926. The zero-order valence-corrected chi connectivity index (χ0v) is 8.43. The third kappa shape index (κ3) is 1.73. The molecule has 0 amide bonds. The maximum absolute atomic E-state index is 11.0. The molecule has 0 aliphatic carbocycles. The van der Waals surface area contributed by atoms with E-state index in [0.717, 1.165) is 6.07 Å². The molecule has 74 valence electrons. The second kappa shape index (κ2) is 3.36. The van der Waals surface area contributed by atoms with Gasteiger partial charge in [-0.05, 0) is 12.1 Å². The van der Waals surface area contributed by atoms with E-state index in [1.807, 2.05) is 0 Å². The molecule has 1 aromatic carbocycles. The SMILES string of the molecule is N#Cc1ccc(S(=O)(=O)Cl)c(N)c1N. The maximum Gasteiger partial charge on any atom is 0.263 e. The molecule has 0 aliphatic heterocycles.